The van der Waals surface area contributed by atoms with E-state index in [1.165, 1.54) is 4.88 Å². The molecule has 17 heavy (non-hydrogen) atoms. The summed E-state index contributed by atoms with van der Waals surface area (Å²) in [5.74, 6) is 0.244. The van der Waals surface area contributed by atoms with Gasteiger partial charge in [-0.25, -0.2) is 0 Å². The van der Waals surface area contributed by atoms with Gasteiger partial charge in [-0.15, -0.1) is 11.3 Å². The number of carbonyl (C=O) groups is 1. The molecule has 0 spiro atoms. The standard InChI is InChI=1S/C13H19NO2S/c1-10-8-12(11(2)17-10)13(15)9-14-4-3-6-16-7-5-14/h8H,3-7,9H2,1-2H3. The number of rotatable bonds is 3. The molecule has 0 saturated carbocycles. The summed E-state index contributed by atoms with van der Waals surface area (Å²) in [7, 11) is 0. The molecule has 2 rings (SSSR count). The van der Waals surface area contributed by atoms with Gasteiger partial charge in [0.2, 0.25) is 0 Å². The first-order valence-corrected chi connectivity index (χ1v) is 6.89. The number of hydrogen-bond acceptors (Lipinski definition) is 4. The van der Waals surface area contributed by atoms with Gasteiger partial charge < -0.3 is 4.74 Å². The minimum atomic E-state index is 0.244. The van der Waals surface area contributed by atoms with Crippen molar-refractivity contribution in [2.75, 3.05) is 32.8 Å². The van der Waals surface area contributed by atoms with Crippen molar-refractivity contribution in [2.45, 2.75) is 20.3 Å². The van der Waals surface area contributed by atoms with Crippen LogP contribution in [0.4, 0.5) is 0 Å². The Balaban J connectivity index is 1.98. The number of thiophene rings is 1. The number of aryl methyl sites for hydroxylation is 2. The molecule has 0 amide bonds. The van der Waals surface area contributed by atoms with Gasteiger partial charge in [-0.2, -0.15) is 0 Å². The molecule has 1 saturated heterocycles. The molecule has 1 aromatic heterocycles. The van der Waals surface area contributed by atoms with Gasteiger partial charge in [0, 0.05) is 35.0 Å². The summed E-state index contributed by atoms with van der Waals surface area (Å²) in [4.78, 5) is 16.7. The van der Waals surface area contributed by atoms with Crippen LogP contribution in [0, 0.1) is 13.8 Å². The fraction of sp³-hybridized carbons (Fsp3) is 0.615. The highest BCUT2D eigenvalue weighted by Crippen LogP contribution is 2.21. The van der Waals surface area contributed by atoms with Gasteiger partial charge >= 0.3 is 0 Å². The molecule has 0 N–H and O–H groups in total. The van der Waals surface area contributed by atoms with E-state index in [2.05, 4.69) is 4.90 Å². The number of carbonyl (C=O) groups excluding carboxylic acids is 1. The second-order valence-electron chi connectivity index (χ2n) is 4.49. The Bertz CT molecular complexity index is 392. The normalized spacial score (nSPS) is 18.0. The van der Waals surface area contributed by atoms with Gasteiger partial charge in [-0.3, -0.25) is 9.69 Å². The van der Waals surface area contributed by atoms with Gasteiger partial charge in [0.05, 0.1) is 13.2 Å². The van der Waals surface area contributed by atoms with E-state index in [0.717, 1.165) is 43.2 Å². The van der Waals surface area contributed by atoms with Crippen LogP contribution in [0.2, 0.25) is 0 Å². The summed E-state index contributed by atoms with van der Waals surface area (Å²) >= 11 is 1.70. The van der Waals surface area contributed by atoms with E-state index in [0.29, 0.717) is 6.54 Å². The molecule has 0 radical (unpaired) electrons. The van der Waals surface area contributed by atoms with E-state index in [1.54, 1.807) is 11.3 Å². The summed E-state index contributed by atoms with van der Waals surface area (Å²) < 4.78 is 5.39. The van der Waals surface area contributed by atoms with Crippen LogP contribution < -0.4 is 0 Å². The smallest absolute Gasteiger partial charge is 0.177 e. The highest BCUT2D eigenvalue weighted by atomic mass is 32.1. The molecule has 0 unspecified atom stereocenters. The van der Waals surface area contributed by atoms with Crippen LogP contribution in [0.25, 0.3) is 0 Å². The molecule has 94 valence electrons. The lowest BCUT2D eigenvalue weighted by molar-refractivity contribution is 0.0922. The number of ether oxygens (including phenoxy) is 1. The van der Waals surface area contributed by atoms with Crippen LogP contribution in [-0.2, 0) is 4.74 Å². The maximum Gasteiger partial charge on any atom is 0.177 e. The second kappa shape index (κ2) is 5.76. The van der Waals surface area contributed by atoms with Crippen LogP contribution in [0.15, 0.2) is 6.07 Å². The monoisotopic (exact) mass is 253 g/mol. The third-order valence-corrected chi connectivity index (χ3v) is 3.99. The summed E-state index contributed by atoms with van der Waals surface area (Å²) in [5, 5.41) is 0. The zero-order chi connectivity index (χ0) is 12.3. The molecule has 1 aromatic rings. The Hall–Kier alpha value is -0.710. The minimum Gasteiger partial charge on any atom is -0.380 e. The Labute approximate surface area is 106 Å². The van der Waals surface area contributed by atoms with Crippen molar-refractivity contribution in [3.8, 4) is 0 Å². The van der Waals surface area contributed by atoms with Crippen molar-refractivity contribution in [1.82, 2.24) is 4.90 Å². The summed E-state index contributed by atoms with van der Waals surface area (Å²) in [6.45, 7) is 8.00. The predicted octanol–water partition coefficient (Wildman–Crippen LogP) is 2.27. The van der Waals surface area contributed by atoms with Crippen molar-refractivity contribution < 1.29 is 9.53 Å². The molecule has 0 atom stereocenters. The molecule has 0 aliphatic carbocycles. The average molecular weight is 253 g/mol. The second-order valence-corrected chi connectivity index (χ2v) is 5.95. The first-order chi connectivity index (χ1) is 8.16. The number of nitrogens with zero attached hydrogens (tertiary/aromatic N) is 1. The van der Waals surface area contributed by atoms with E-state index in [4.69, 9.17) is 4.74 Å². The van der Waals surface area contributed by atoms with E-state index in [1.807, 2.05) is 19.9 Å². The van der Waals surface area contributed by atoms with Gasteiger partial charge in [0.15, 0.2) is 5.78 Å². The zero-order valence-electron chi connectivity index (χ0n) is 10.5. The SMILES string of the molecule is Cc1cc(C(=O)CN2CCCOCC2)c(C)s1. The highest BCUT2D eigenvalue weighted by Gasteiger charge is 2.17. The third kappa shape index (κ3) is 3.37. The van der Waals surface area contributed by atoms with Crippen molar-refractivity contribution in [1.29, 1.82) is 0 Å². The summed E-state index contributed by atoms with van der Waals surface area (Å²) in [6.07, 6.45) is 1.02. The van der Waals surface area contributed by atoms with Crippen LogP contribution in [0.5, 0.6) is 0 Å². The lowest BCUT2D eigenvalue weighted by Crippen LogP contribution is -2.32. The molecule has 0 aromatic carbocycles. The van der Waals surface area contributed by atoms with Crippen LogP contribution >= 0.6 is 11.3 Å². The Morgan fingerprint density at radius 3 is 2.94 bits per heavy atom. The average Bonchev–Trinajstić information content (AvgIpc) is 2.51. The molecule has 0 bridgehead atoms. The first kappa shape index (κ1) is 12.7. The van der Waals surface area contributed by atoms with Crippen molar-refractivity contribution in [3.05, 3.63) is 21.4 Å². The Kier molecular flexibility index (Phi) is 4.31. The van der Waals surface area contributed by atoms with E-state index >= 15 is 0 Å². The summed E-state index contributed by atoms with van der Waals surface area (Å²) in [6, 6.07) is 2.01. The zero-order valence-corrected chi connectivity index (χ0v) is 11.3. The van der Waals surface area contributed by atoms with Crippen molar-refractivity contribution >= 4 is 17.1 Å². The number of hydrogen-bond donors (Lipinski definition) is 0. The van der Waals surface area contributed by atoms with Crippen LogP contribution in [0.3, 0.4) is 0 Å². The largest absolute Gasteiger partial charge is 0.380 e. The Morgan fingerprint density at radius 2 is 2.24 bits per heavy atom. The molecular formula is C13H19NO2S. The van der Waals surface area contributed by atoms with E-state index < -0.39 is 0 Å². The minimum absolute atomic E-state index is 0.244. The molecule has 1 aliphatic heterocycles. The van der Waals surface area contributed by atoms with Gasteiger partial charge in [0.1, 0.15) is 0 Å². The molecule has 1 fully saturated rings. The maximum absolute atomic E-state index is 12.2. The molecule has 4 heteroatoms. The number of Topliss-reactive ketones (excluding diaryl/α,β-unsaturated/α-hetero) is 1. The van der Waals surface area contributed by atoms with E-state index in [-0.39, 0.29) is 5.78 Å². The van der Waals surface area contributed by atoms with Crippen molar-refractivity contribution in [3.63, 3.8) is 0 Å². The van der Waals surface area contributed by atoms with Crippen LogP contribution in [-0.4, -0.2) is 43.5 Å². The first-order valence-electron chi connectivity index (χ1n) is 6.07. The fourth-order valence-corrected chi connectivity index (χ4v) is 3.09. The topological polar surface area (TPSA) is 29.5 Å². The third-order valence-electron chi connectivity index (χ3n) is 3.02. The molecular weight excluding hydrogens is 234 g/mol. The fourth-order valence-electron chi connectivity index (χ4n) is 2.15. The van der Waals surface area contributed by atoms with Crippen molar-refractivity contribution in [2.24, 2.45) is 0 Å². The summed E-state index contributed by atoms with van der Waals surface area (Å²) in [5.41, 5.74) is 0.901. The molecule has 3 nitrogen and oxygen atoms in total. The van der Waals surface area contributed by atoms with E-state index in [9.17, 15) is 4.79 Å². The van der Waals surface area contributed by atoms with Gasteiger partial charge in [-0.05, 0) is 26.3 Å². The Morgan fingerprint density at radius 1 is 1.41 bits per heavy atom. The van der Waals surface area contributed by atoms with Crippen LogP contribution in [0.1, 0.15) is 26.5 Å². The molecule has 2 heterocycles. The number of ketones is 1. The van der Waals surface area contributed by atoms with Gasteiger partial charge in [-0.1, -0.05) is 0 Å². The lowest BCUT2D eigenvalue weighted by Gasteiger charge is -2.17. The quantitative estimate of drug-likeness (QED) is 0.774. The predicted molar refractivity (Wildman–Crippen MR) is 70.0 cm³/mol. The maximum atomic E-state index is 12.2. The lowest BCUT2D eigenvalue weighted by atomic mass is 10.1. The highest BCUT2D eigenvalue weighted by molar-refractivity contribution is 7.12. The molecule has 1 aliphatic rings. The van der Waals surface area contributed by atoms with Gasteiger partial charge in [0.25, 0.3) is 0 Å².